The van der Waals surface area contributed by atoms with E-state index in [1.54, 1.807) is 0 Å². The zero-order chi connectivity index (χ0) is 12.3. The Morgan fingerprint density at radius 1 is 1.41 bits per heavy atom. The second-order valence-electron chi connectivity index (χ2n) is 4.23. The van der Waals surface area contributed by atoms with Crippen molar-refractivity contribution in [2.75, 3.05) is 13.7 Å². The van der Waals surface area contributed by atoms with E-state index in [0.717, 1.165) is 11.3 Å². The summed E-state index contributed by atoms with van der Waals surface area (Å²) in [5.74, 6) is 0.658. The van der Waals surface area contributed by atoms with Gasteiger partial charge < -0.3 is 14.8 Å². The van der Waals surface area contributed by atoms with Crippen molar-refractivity contribution >= 4 is 5.97 Å². The highest BCUT2D eigenvalue weighted by Crippen LogP contribution is 2.21. The molecule has 1 aliphatic rings. The Morgan fingerprint density at radius 2 is 2.18 bits per heavy atom. The van der Waals surface area contributed by atoms with E-state index in [1.807, 2.05) is 31.2 Å². The Balaban J connectivity index is 1.94. The molecule has 1 aromatic carbocycles. The van der Waals surface area contributed by atoms with Crippen LogP contribution in [0.25, 0.3) is 0 Å². The van der Waals surface area contributed by atoms with Gasteiger partial charge in [-0.1, -0.05) is 18.2 Å². The molecule has 0 spiro atoms. The maximum Gasteiger partial charge on any atom is 0.323 e. The Labute approximate surface area is 101 Å². The van der Waals surface area contributed by atoms with Gasteiger partial charge in [-0.15, -0.1) is 0 Å². The fourth-order valence-corrected chi connectivity index (χ4v) is 1.98. The highest BCUT2D eigenvalue weighted by Gasteiger charge is 2.31. The lowest BCUT2D eigenvalue weighted by Gasteiger charge is -2.14. The summed E-state index contributed by atoms with van der Waals surface area (Å²) in [5.41, 5.74) is 1.11. The second kappa shape index (κ2) is 5.19. The summed E-state index contributed by atoms with van der Waals surface area (Å²) in [5, 5.41) is 3.10. The Morgan fingerprint density at radius 3 is 2.88 bits per heavy atom. The summed E-state index contributed by atoms with van der Waals surface area (Å²) < 4.78 is 10.6. The number of carbonyl (C=O) groups excluding carboxylic acids is 1. The maximum absolute atomic E-state index is 11.3. The van der Waals surface area contributed by atoms with Crippen LogP contribution in [0.4, 0.5) is 0 Å². The van der Waals surface area contributed by atoms with Gasteiger partial charge in [-0.2, -0.15) is 0 Å². The minimum absolute atomic E-state index is 0.0280. The van der Waals surface area contributed by atoms with Crippen LogP contribution in [0.5, 0.6) is 5.75 Å². The van der Waals surface area contributed by atoms with E-state index in [0.29, 0.717) is 13.0 Å². The van der Waals surface area contributed by atoms with Crippen molar-refractivity contribution in [3.05, 3.63) is 29.8 Å². The molecule has 2 rings (SSSR count). The van der Waals surface area contributed by atoms with Gasteiger partial charge in [0.05, 0.1) is 7.11 Å². The van der Waals surface area contributed by atoms with Crippen LogP contribution in [0.1, 0.15) is 12.0 Å². The van der Waals surface area contributed by atoms with E-state index in [-0.39, 0.29) is 18.1 Å². The van der Waals surface area contributed by atoms with Crippen molar-refractivity contribution in [1.82, 2.24) is 5.32 Å². The lowest BCUT2D eigenvalue weighted by Crippen LogP contribution is -2.31. The largest absolute Gasteiger partial charge is 0.489 e. The molecule has 0 unspecified atom stereocenters. The molecular formula is C13H17NO3. The predicted molar refractivity (Wildman–Crippen MR) is 64.0 cm³/mol. The molecule has 0 radical (unpaired) electrons. The minimum Gasteiger partial charge on any atom is -0.489 e. The first-order valence-electron chi connectivity index (χ1n) is 5.74. The first-order valence-corrected chi connectivity index (χ1v) is 5.74. The third kappa shape index (κ3) is 2.77. The van der Waals surface area contributed by atoms with Crippen molar-refractivity contribution in [3.8, 4) is 5.75 Å². The predicted octanol–water partition coefficient (Wildman–Crippen LogP) is 1.28. The number of hydrogen-bond acceptors (Lipinski definition) is 4. The van der Waals surface area contributed by atoms with Crippen LogP contribution < -0.4 is 10.1 Å². The van der Waals surface area contributed by atoms with Crippen LogP contribution in [-0.4, -0.2) is 31.8 Å². The highest BCUT2D eigenvalue weighted by atomic mass is 16.5. The molecule has 17 heavy (non-hydrogen) atoms. The maximum atomic E-state index is 11.3. The molecule has 0 saturated carbocycles. The van der Waals surface area contributed by atoms with Gasteiger partial charge in [-0.3, -0.25) is 4.79 Å². The van der Waals surface area contributed by atoms with E-state index in [1.165, 1.54) is 7.11 Å². The normalized spacial score (nSPS) is 23.4. The third-order valence-electron chi connectivity index (χ3n) is 2.96. The van der Waals surface area contributed by atoms with Crippen molar-refractivity contribution in [3.63, 3.8) is 0 Å². The van der Waals surface area contributed by atoms with Crippen LogP contribution in [0.15, 0.2) is 24.3 Å². The summed E-state index contributed by atoms with van der Waals surface area (Å²) in [4.78, 5) is 11.3. The number of carbonyl (C=O) groups is 1. The monoisotopic (exact) mass is 235 g/mol. The summed E-state index contributed by atoms with van der Waals surface area (Å²) >= 11 is 0. The molecule has 4 heteroatoms. The molecule has 1 heterocycles. The molecule has 0 aromatic heterocycles. The zero-order valence-electron chi connectivity index (χ0n) is 10.1. The van der Waals surface area contributed by atoms with Gasteiger partial charge in [0.2, 0.25) is 0 Å². The fraction of sp³-hybridized carbons (Fsp3) is 0.462. The van der Waals surface area contributed by atoms with Crippen molar-refractivity contribution in [1.29, 1.82) is 0 Å². The van der Waals surface area contributed by atoms with E-state index in [2.05, 4.69) is 5.32 Å². The molecule has 1 saturated heterocycles. The van der Waals surface area contributed by atoms with Gasteiger partial charge in [-0.25, -0.2) is 0 Å². The number of ether oxygens (including phenoxy) is 2. The van der Waals surface area contributed by atoms with Crippen molar-refractivity contribution < 1.29 is 14.3 Å². The molecule has 0 amide bonds. The number of hydrogen-bond donors (Lipinski definition) is 1. The highest BCUT2D eigenvalue weighted by molar-refractivity contribution is 5.76. The molecular weight excluding hydrogens is 218 g/mol. The lowest BCUT2D eigenvalue weighted by molar-refractivity contribution is -0.142. The topological polar surface area (TPSA) is 47.6 Å². The quantitative estimate of drug-likeness (QED) is 0.802. The van der Waals surface area contributed by atoms with Gasteiger partial charge in [0.1, 0.15) is 17.9 Å². The number of para-hydroxylation sites is 1. The first-order chi connectivity index (χ1) is 8.20. The van der Waals surface area contributed by atoms with E-state index < -0.39 is 0 Å². The van der Waals surface area contributed by atoms with Crippen LogP contribution in [0.2, 0.25) is 0 Å². The van der Waals surface area contributed by atoms with E-state index in [9.17, 15) is 4.79 Å². The molecule has 0 aliphatic carbocycles. The SMILES string of the molecule is COC(=O)[C@H]1C[C@@H](Oc2ccccc2C)CN1. The summed E-state index contributed by atoms with van der Waals surface area (Å²) in [7, 11) is 1.40. The molecule has 0 bridgehead atoms. The molecule has 1 fully saturated rings. The Kier molecular flexibility index (Phi) is 3.64. The van der Waals surface area contributed by atoms with Crippen LogP contribution in [0, 0.1) is 6.92 Å². The Hall–Kier alpha value is -1.55. The number of aryl methyl sites for hydroxylation is 1. The number of benzene rings is 1. The minimum atomic E-state index is -0.242. The van der Waals surface area contributed by atoms with Gasteiger partial charge in [0, 0.05) is 13.0 Å². The van der Waals surface area contributed by atoms with Crippen molar-refractivity contribution in [2.45, 2.75) is 25.5 Å². The molecule has 1 aliphatic heterocycles. The smallest absolute Gasteiger partial charge is 0.323 e. The number of rotatable bonds is 3. The van der Waals surface area contributed by atoms with E-state index in [4.69, 9.17) is 9.47 Å². The van der Waals surface area contributed by atoms with Gasteiger partial charge in [-0.05, 0) is 18.6 Å². The number of nitrogens with one attached hydrogen (secondary N) is 1. The molecule has 2 atom stereocenters. The first kappa shape index (κ1) is 11.9. The van der Waals surface area contributed by atoms with Gasteiger partial charge in [0.25, 0.3) is 0 Å². The number of methoxy groups -OCH3 is 1. The molecule has 92 valence electrons. The zero-order valence-corrected chi connectivity index (χ0v) is 10.1. The number of esters is 1. The second-order valence-corrected chi connectivity index (χ2v) is 4.23. The molecule has 1 N–H and O–H groups in total. The van der Waals surface area contributed by atoms with Crippen LogP contribution in [0.3, 0.4) is 0 Å². The standard InChI is InChI=1S/C13H17NO3/c1-9-5-3-4-6-12(9)17-10-7-11(14-8-10)13(15)16-2/h3-6,10-11,14H,7-8H2,1-2H3/t10-,11-/m1/s1. The summed E-state index contributed by atoms with van der Waals surface area (Å²) in [6.07, 6.45) is 0.682. The summed E-state index contributed by atoms with van der Waals surface area (Å²) in [6, 6.07) is 7.64. The molecule has 1 aromatic rings. The Bertz CT molecular complexity index is 405. The van der Waals surface area contributed by atoms with Gasteiger partial charge >= 0.3 is 5.97 Å². The average molecular weight is 235 g/mol. The third-order valence-corrected chi connectivity index (χ3v) is 2.96. The summed E-state index contributed by atoms with van der Waals surface area (Å²) in [6.45, 7) is 2.68. The lowest BCUT2D eigenvalue weighted by atomic mass is 10.2. The fourth-order valence-electron chi connectivity index (χ4n) is 1.98. The van der Waals surface area contributed by atoms with Crippen LogP contribution in [-0.2, 0) is 9.53 Å². The van der Waals surface area contributed by atoms with Crippen LogP contribution >= 0.6 is 0 Å². The van der Waals surface area contributed by atoms with Gasteiger partial charge in [0.15, 0.2) is 0 Å². The van der Waals surface area contributed by atoms with Crippen molar-refractivity contribution in [2.24, 2.45) is 0 Å². The van der Waals surface area contributed by atoms with E-state index >= 15 is 0 Å². The molecule has 4 nitrogen and oxygen atoms in total. The average Bonchev–Trinajstić information content (AvgIpc) is 2.80.